The largest absolute Gasteiger partial charge is 0.353 e. The lowest BCUT2D eigenvalue weighted by Crippen LogP contribution is -2.45. The molecule has 2 heterocycles. The van der Waals surface area contributed by atoms with Gasteiger partial charge in [-0.05, 0) is 31.9 Å². The van der Waals surface area contributed by atoms with Gasteiger partial charge in [-0.15, -0.1) is 17.5 Å². The number of nitrogens with one attached hydrogen (secondary N) is 1. The van der Waals surface area contributed by atoms with Gasteiger partial charge in [-0.2, -0.15) is 5.10 Å². The fraction of sp³-hybridized carbons (Fsp3) is 0.583. The molecule has 0 spiro atoms. The van der Waals surface area contributed by atoms with Crippen LogP contribution < -0.4 is 16.0 Å². The maximum Gasteiger partial charge on any atom is 0.236 e. The molecule has 0 aliphatic carbocycles. The van der Waals surface area contributed by atoms with Crippen LogP contribution in [0.25, 0.3) is 0 Å². The van der Waals surface area contributed by atoms with Crippen LogP contribution >= 0.6 is 12.4 Å². The third kappa shape index (κ3) is 4.04. The summed E-state index contributed by atoms with van der Waals surface area (Å²) in [7, 11) is 0. The number of anilines is 1. The minimum Gasteiger partial charge on any atom is -0.353 e. The average molecular weight is 286 g/mol. The molecule has 0 radical (unpaired) electrons. The molecule has 2 unspecified atom stereocenters. The molecule has 1 aliphatic heterocycles. The zero-order chi connectivity index (χ0) is 13.0. The summed E-state index contributed by atoms with van der Waals surface area (Å²) in [6.07, 6.45) is 3.82. The predicted molar refractivity (Wildman–Crippen MR) is 76.3 cm³/mol. The summed E-state index contributed by atoms with van der Waals surface area (Å²) < 4.78 is 0. The molecule has 1 saturated heterocycles. The second kappa shape index (κ2) is 7.25. The van der Waals surface area contributed by atoms with Crippen molar-refractivity contribution in [2.75, 3.05) is 18.0 Å². The van der Waals surface area contributed by atoms with E-state index in [0.29, 0.717) is 6.54 Å². The summed E-state index contributed by atoms with van der Waals surface area (Å²) in [5.41, 5.74) is 5.52. The molecular weight excluding hydrogens is 266 g/mol. The van der Waals surface area contributed by atoms with E-state index in [-0.39, 0.29) is 24.4 Å². The number of rotatable bonds is 4. The van der Waals surface area contributed by atoms with Crippen molar-refractivity contribution < 1.29 is 4.79 Å². The van der Waals surface area contributed by atoms with Crippen LogP contribution in [0.5, 0.6) is 0 Å². The first-order chi connectivity index (χ1) is 8.68. The number of nitrogens with zero attached hydrogens (tertiary/aromatic N) is 3. The Labute approximate surface area is 119 Å². The van der Waals surface area contributed by atoms with Crippen LogP contribution in [0.15, 0.2) is 18.3 Å². The van der Waals surface area contributed by atoms with Crippen LogP contribution in [-0.4, -0.2) is 41.3 Å². The van der Waals surface area contributed by atoms with Crippen LogP contribution in [0.2, 0.25) is 0 Å². The quantitative estimate of drug-likeness (QED) is 0.833. The van der Waals surface area contributed by atoms with Crippen molar-refractivity contribution in [3.05, 3.63) is 18.3 Å². The molecule has 6 nitrogen and oxygen atoms in total. The van der Waals surface area contributed by atoms with Crippen LogP contribution in [0.4, 0.5) is 5.82 Å². The van der Waals surface area contributed by atoms with Crippen LogP contribution in [0.3, 0.4) is 0 Å². The first-order valence-electron chi connectivity index (χ1n) is 6.26. The average Bonchev–Trinajstić information content (AvgIpc) is 2.85. The Morgan fingerprint density at radius 2 is 2.47 bits per heavy atom. The van der Waals surface area contributed by atoms with Gasteiger partial charge in [0.15, 0.2) is 5.82 Å². The molecule has 3 N–H and O–H groups in total. The van der Waals surface area contributed by atoms with Gasteiger partial charge in [-0.3, -0.25) is 4.79 Å². The smallest absolute Gasteiger partial charge is 0.236 e. The van der Waals surface area contributed by atoms with Crippen molar-refractivity contribution in [1.82, 2.24) is 15.5 Å². The Bertz CT molecular complexity index is 400. The van der Waals surface area contributed by atoms with Crippen LogP contribution in [0, 0.1) is 0 Å². The van der Waals surface area contributed by atoms with E-state index >= 15 is 0 Å². The maximum atomic E-state index is 11.5. The lowest BCUT2D eigenvalue weighted by Gasteiger charge is -2.25. The first kappa shape index (κ1) is 15.7. The molecule has 1 fully saturated rings. The zero-order valence-electron chi connectivity index (χ0n) is 11.0. The molecule has 2 atom stereocenters. The van der Waals surface area contributed by atoms with Crippen molar-refractivity contribution in [3.8, 4) is 0 Å². The van der Waals surface area contributed by atoms with Crippen molar-refractivity contribution in [3.63, 3.8) is 0 Å². The lowest BCUT2D eigenvalue weighted by molar-refractivity contribution is -0.122. The molecule has 106 valence electrons. The Balaban J connectivity index is 0.00000180. The summed E-state index contributed by atoms with van der Waals surface area (Å²) in [6, 6.07) is 3.64. The molecule has 1 amide bonds. The van der Waals surface area contributed by atoms with Crippen molar-refractivity contribution >= 4 is 24.1 Å². The highest BCUT2D eigenvalue weighted by atomic mass is 35.5. The minimum atomic E-state index is -0.462. The zero-order valence-corrected chi connectivity index (χ0v) is 11.8. The molecule has 1 aliphatic rings. The van der Waals surface area contributed by atoms with Crippen molar-refractivity contribution in [2.45, 2.75) is 31.8 Å². The number of carbonyl (C=O) groups is 1. The van der Waals surface area contributed by atoms with E-state index in [9.17, 15) is 4.79 Å². The minimum absolute atomic E-state index is 0. The van der Waals surface area contributed by atoms with E-state index in [1.165, 1.54) is 0 Å². The van der Waals surface area contributed by atoms with Gasteiger partial charge >= 0.3 is 0 Å². The SMILES string of the molecule is CC(N)C(=O)NCC1CCCN1c1cccnn1.Cl. The number of hydrogen-bond donors (Lipinski definition) is 2. The predicted octanol–water partition coefficient (Wildman–Crippen LogP) is 0.331. The summed E-state index contributed by atoms with van der Waals surface area (Å²) >= 11 is 0. The first-order valence-corrected chi connectivity index (χ1v) is 6.26. The van der Waals surface area contributed by atoms with Gasteiger partial charge in [-0.1, -0.05) is 0 Å². The highest BCUT2D eigenvalue weighted by molar-refractivity contribution is 5.85. The maximum absolute atomic E-state index is 11.5. The number of aromatic nitrogens is 2. The van der Waals surface area contributed by atoms with Gasteiger partial charge in [-0.25, -0.2) is 0 Å². The summed E-state index contributed by atoms with van der Waals surface area (Å²) in [5.74, 6) is 0.760. The van der Waals surface area contributed by atoms with Gasteiger partial charge in [0.05, 0.1) is 6.04 Å². The molecule has 19 heavy (non-hydrogen) atoms. The normalized spacial score (nSPS) is 19.7. The Hall–Kier alpha value is -1.40. The number of amides is 1. The van der Waals surface area contributed by atoms with E-state index in [0.717, 1.165) is 25.2 Å². The Morgan fingerprint density at radius 1 is 1.68 bits per heavy atom. The lowest BCUT2D eigenvalue weighted by atomic mass is 10.2. The fourth-order valence-electron chi connectivity index (χ4n) is 2.18. The van der Waals surface area contributed by atoms with Crippen LogP contribution in [0.1, 0.15) is 19.8 Å². The van der Waals surface area contributed by atoms with Crippen molar-refractivity contribution in [1.29, 1.82) is 0 Å². The molecule has 1 aromatic heterocycles. The molecular formula is C12H20ClN5O. The van der Waals surface area contributed by atoms with Gasteiger partial charge in [0, 0.05) is 25.3 Å². The van der Waals surface area contributed by atoms with E-state index in [4.69, 9.17) is 5.73 Å². The van der Waals surface area contributed by atoms with E-state index in [1.807, 2.05) is 12.1 Å². The fourth-order valence-corrected chi connectivity index (χ4v) is 2.18. The molecule has 0 saturated carbocycles. The topological polar surface area (TPSA) is 84.1 Å². The second-order valence-corrected chi connectivity index (χ2v) is 4.61. The molecule has 1 aromatic rings. The Kier molecular flexibility index (Phi) is 5.98. The van der Waals surface area contributed by atoms with Crippen LogP contribution in [-0.2, 0) is 4.79 Å². The van der Waals surface area contributed by atoms with Gasteiger partial charge in [0.25, 0.3) is 0 Å². The Morgan fingerprint density at radius 3 is 3.11 bits per heavy atom. The number of carbonyl (C=O) groups excluding carboxylic acids is 1. The number of halogens is 1. The summed E-state index contributed by atoms with van der Waals surface area (Å²) in [4.78, 5) is 13.6. The van der Waals surface area contributed by atoms with E-state index < -0.39 is 6.04 Å². The summed E-state index contributed by atoms with van der Waals surface area (Å²) in [5, 5.41) is 10.9. The standard InChI is InChI=1S/C12H19N5O.ClH/c1-9(13)12(18)14-8-10-4-3-7-17(10)11-5-2-6-15-16-11;/h2,5-6,9-10H,3-4,7-8,13H2,1H3,(H,14,18);1H. The third-order valence-electron chi connectivity index (χ3n) is 3.16. The van der Waals surface area contributed by atoms with Gasteiger partial charge < -0.3 is 16.0 Å². The highest BCUT2D eigenvalue weighted by Crippen LogP contribution is 2.22. The summed E-state index contributed by atoms with van der Waals surface area (Å²) in [6.45, 7) is 3.25. The van der Waals surface area contributed by atoms with E-state index in [1.54, 1.807) is 13.1 Å². The highest BCUT2D eigenvalue weighted by Gasteiger charge is 2.26. The molecule has 2 rings (SSSR count). The number of nitrogens with two attached hydrogens (primary N) is 1. The van der Waals surface area contributed by atoms with Gasteiger partial charge in [0.2, 0.25) is 5.91 Å². The van der Waals surface area contributed by atoms with Gasteiger partial charge in [0.1, 0.15) is 0 Å². The third-order valence-corrected chi connectivity index (χ3v) is 3.16. The molecule has 7 heteroatoms. The van der Waals surface area contributed by atoms with Crippen molar-refractivity contribution in [2.24, 2.45) is 5.73 Å². The number of hydrogen-bond acceptors (Lipinski definition) is 5. The second-order valence-electron chi connectivity index (χ2n) is 4.61. The van der Waals surface area contributed by atoms with E-state index in [2.05, 4.69) is 20.4 Å². The molecule has 0 bridgehead atoms. The monoisotopic (exact) mass is 285 g/mol. The molecule has 0 aromatic carbocycles.